The number of guanidine groups is 1. The minimum absolute atomic E-state index is 0.136. The normalized spacial score (nSPS) is 24.4. The van der Waals surface area contributed by atoms with E-state index in [0.717, 1.165) is 29.5 Å². The lowest BCUT2D eigenvalue weighted by Gasteiger charge is -2.28. The lowest BCUT2D eigenvalue weighted by atomic mass is 9.92. The SMILES string of the molecule is C[C@@H]1CCC[C@@]2(N=C(N)N(C)O2)c2cc(-c3cccc(C#N)c3)ccc2OCCO1. The first-order valence-corrected chi connectivity index (χ1v) is 10.2. The number of hydrogen-bond donors (Lipinski definition) is 1. The van der Waals surface area contributed by atoms with Crippen LogP contribution < -0.4 is 10.5 Å². The Morgan fingerprint density at radius 1 is 1.20 bits per heavy atom. The molecule has 0 saturated heterocycles. The molecule has 0 radical (unpaired) electrons. The van der Waals surface area contributed by atoms with Crippen LogP contribution in [0.5, 0.6) is 5.75 Å². The van der Waals surface area contributed by atoms with E-state index in [9.17, 15) is 5.26 Å². The maximum Gasteiger partial charge on any atom is 0.218 e. The van der Waals surface area contributed by atoms with E-state index in [-0.39, 0.29) is 6.10 Å². The Kier molecular flexibility index (Phi) is 5.62. The third-order valence-corrected chi connectivity index (χ3v) is 5.50. The first-order chi connectivity index (χ1) is 14.5. The molecule has 2 N–H and O–H groups in total. The first-order valence-electron chi connectivity index (χ1n) is 10.2. The molecule has 1 spiro atoms. The van der Waals surface area contributed by atoms with E-state index in [4.69, 9.17) is 25.0 Å². The van der Waals surface area contributed by atoms with E-state index in [1.54, 1.807) is 13.1 Å². The topological polar surface area (TPSA) is 93.1 Å². The Morgan fingerprint density at radius 3 is 2.80 bits per heavy atom. The Hall–Kier alpha value is -3.08. The smallest absolute Gasteiger partial charge is 0.218 e. The Bertz CT molecular complexity index is 1000. The van der Waals surface area contributed by atoms with Gasteiger partial charge in [0.25, 0.3) is 0 Å². The van der Waals surface area contributed by atoms with E-state index in [0.29, 0.717) is 36.9 Å². The maximum absolute atomic E-state index is 9.26. The highest BCUT2D eigenvalue weighted by Gasteiger charge is 2.43. The molecule has 0 bridgehead atoms. The second kappa shape index (κ2) is 8.34. The summed E-state index contributed by atoms with van der Waals surface area (Å²) in [6.45, 7) is 3.02. The minimum Gasteiger partial charge on any atom is -0.491 e. The number of nitriles is 1. The van der Waals surface area contributed by atoms with Crippen LogP contribution in [-0.4, -0.2) is 37.4 Å². The molecular formula is C23H26N4O3. The molecule has 2 aliphatic rings. The summed E-state index contributed by atoms with van der Waals surface area (Å²) in [5.41, 5.74) is 8.48. The van der Waals surface area contributed by atoms with Gasteiger partial charge in [0.1, 0.15) is 12.4 Å². The van der Waals surface area contributed by atoms with Gasteiger partial charge in [-0.3, -0.25) is 0 Å². The summed E-state index contributed by atoms with van der Waals surface area (Å²) in [5.74, 6) is 1.03. The molecule has 0 amide bonds. The first kappa shape index (κ1) is 20.2. The van der Waals surface area contributed by atoms with Gasteiger partial charge in [0.15, 0.2) is 0 Å². The largest absolute Gasteiger partial charge is 0.491 e. The third kappa shape index (κ3) is 3.97. The van der Waals surface area contributed by atoms with Crippen molar-refractivity contribution in [2.24, 2.45) is 10.7 Å². The van der Waals surface area contributed by atoms with Crippen LogP contribution in [0.4, 0.5) is 0 Å². The zero-order valence-corrected chi connectivity index (χ0v) is 17.3. The van der Waals surface area contributed by atoms with E-state index in [1.165, 1.54) is 5.06 Å². The summed E-state index contributed by atoms with van der Waals surface area (Å²) in [4.78, 5) is 10.9. The van der Waals surface area contributed by atoms with Gasteiger partial charge >= 0.3 is 0 Å². The summed E-state index contributed by atoms with van der Waals surface area (Å²) in [6.07, 6.45) is 2.53. The fourth-order valence-corrected chi connectivity index (χ4v) is 3.92. The average molecular weight is 406 g/mol. The molecular weight excluding hydrogens is 380 g/mol. The molecule has 156 valence electrons. The van der Waals surface area contributed by atoms with Crippen molar-refractivity contribution in [3.63, 3.8) is 0 Å². The van der Waals surface area contributed by atoms with Crippen LogP contribution in [-0.2, 0) is 15.3 Å². The molecule has 2 aromatic rings. The third-order valence-electron chi connectivity index (χ3n) is 5.50. The molecule has 2 aliphatic heterocycles. The van der Waals surface area contributed by atoms with Gasteiger partial charge in [0, 0.05) is 13.5 Å². The minimum atomic E-state index is -0.957. The predicted octanol–water partition coefficient (Wildman–Crippen LogP) is 3.54. The number of aliphatic imine (C=N–C) groups is 1. The molecule has 0 aromatic heterocycles. The van der Waals surface area contributed by atoms with E-state index < -0.39 is 5.72 Å². The molecule has 2 atom stereocenters. The lowest BCUT2D eigenvalue weighted by molar-refractivity contribution is -0.177. The molecule has 0 unspecified atom stereocenters. The van der Waals surface area contributed by atoms with E-state index in [2.05, 4.69) is 13.0 Å². The van der Waals surface area contributed by atoms with Crippen molar-refractivity contribution >= 4 is 5.96 Å². The monoisotopic (exact) mass is 406 g/mol. The number of ether oxygens (including phenoxy) is 2. The van der Waals surface area contributed by atoms with E-state index >= 15 is 0 Å². The van der Waals surface area contributed by atoms with Gasteiger partial charge in [-0.05, 0) is 55.2 Å². The lowest BCUT2D eigenvalue weighted by Crippen LogP contribution is -2.32. The van der Waals surface area contributed by atoms with Crippen molar-refractivity contribution < 1.29 is 14.3 Å². The standard InChI is InChI=1S/C23H26N4O3/c1-16-5-4-10-23(26-22(25)27(2)30-23)20-14-19(8-9-21(20)29-12-11-28-16)18-7-3-6-17(13-18)15-24/h3,6-9,13-14,16H,4-5,10-12H2,1-2H3,(H2,25,26)/t16-,23+/m1/s1. The number of rotatable bonds is 1. The molecule has 7 heteroatoms. The van der Waals surface area contributed by atoms with Gasteiger partial charge in [0.05, 0.1) is 29.9 Å². The maximum atomic E-state index is 9.26. The zero-order chi connectivity index (χ0) is 21.1. The number of benzene rings is 2. The summed E-state index contributed by atoms with van der Waals surface area (Å²) >= 11 is 0. The predicted molar refractivity (Wildman–Crippen MR) is 114 cm³/mol. The highest BCUT2D eigenvalue weighted by Crippen LogP contribution is 2.44. The van der Waals surface area contributed by atoms with Crippen molar-refractivity contribution in [2.45, 2.75) is 38.0 Å². The molecule has 0 saturated carbocycles. The fourth-order valence-electron chi connectivity index (χ4n) is 3.92. The van der Waals surface area contributed by atoms with Gasteiger partial charge in [-0.1, -0.05) is 18.2 Å². The average Bonchev–Trinajstić information content (AvgIpc) is 3.04. The van der Waals surface area contributed by atoms with Crippen LogP contribution >= 0.6 is 0 Å². The highest BCUT2D eigenvalue weighted by molar-refractivity contribution is 5.79. The van der Waals surface area contributed by atoms with Crippen molar-refractivity contribution in [1.29, 1.82) is 5.26 Å². The van der Waals surface area contributed by atoms with Gasteiger partial charge in [-0.2, -0.15) is 5.26 Å². The Labute approximate surface area is 176 Å². The van der Waals surface area contributed by atoms with Gasteiger partial charge in [-0.25, -0.2) is 14.9 Å². The van der Waals surface area contributed by atoms with Crippen molar-refractivity contribution in [1.82, 2.24) is 5.06 Å². The Balaban J connectivity index is 1.82. The molecule has 2 heterocycles. The fraction of sp³-hybridized carbons (Fsp3) is 0.391. The second-order valence-electron chi connectivity index (χ2n) is 7.67. The number of nitrogens with two attached hydrogens (primary N) is 1. The molecule has 0 aliphatic carbocycles. The molecule has 30 heavy (non-hydrogen) atoms. The number of hydroxylamine groups is 2. The summed E-state index contributed by atoms with van der Waals surface area (Å²) in [7, 11) is 1.76. The van der Waals surface area contributed by atoms with Crippen LogP contribution in [0, 0.1) is 11.3 Å². The van der Waals surface area contributed by atoms with Crippen molar-refractivity contribution in [3.8, 4) is 22.9 Å². The second-order valence-corrected chi connectivity index (χ2v) is 7.67. The number of hydrogen-bond acceptors (Lipinski definition) is 7. The highest BCUT2D eigenvalue weighted by atomic mass is 16.7. The molecule has 0 fully saturated rings. The zero-order valence-electron chi connectivity index (χ0n) is 17.3. The Morgan fingerprint density at radius 2 is 2.03 bits per heavy atom. The summed E-state index contributed by atoms with van der Waals surface area (Å²) in [5, 5.41) is 10.8. The van der Waals surface area contributed by atoms with Crippen LogP contribution in [0.1, 0.15) is 37.3 Å². The van der Waals surface area contributed by atoms with Crippen molar-refractivity contribution in [2.75, 3.05) is 20.3 Å². The number of fused-ring (bicyclic) bond motifs is 2. The molecule has 2 aromatic carbocycles. The van der Waals surface area contributed by atoms with Gasteiger partial charge in [-0.15, -0.1) is 0 Å². The van der Waals surface area contributed by atoms with Crippen molar-refractivity contribution in [3.05, 3.63) is 53.6 Å². The summed E-state index contributed by atoms with van der Waals surface area (Å²) < 4.78 is 11.9. The number of nitrogens with zero attached hydrogens (tertiary/aromatic N) is 3. The van der Waals surface area contributed by atoms with E-state index in [1.807, 2.05) is 36.4 Å². The molecule has 4 rings (SSSR count). The van der Waals surface area contributed by atoms with Crippen LogP contribution in [0.15, 0.2) is 47.5 Å². The molecule has 7 nitrogen and oxygen atoms in total. The van der Waals surface area contributed by atoms with Gasteiger partial charge < -0.3 is 15.2 Å². The van der Waals surface area contributed by atoms with Crippen LogP contribution in [0.3, 0.4) is 0 Å². The van der Waals surface area contributed by atoms with Crippen LogP contribution in [0.2, 0.25) is 0 Å². The van der Waals surface area contributed by atoms with Crippen LogP contribution in [0.25, 0.3) is 11.1 Å². The quantitative estimate of drug-likeness (QED) is 0.779. The summed E-state index contributed by atoms with van der Waals surface area (Å²) in [6, 6.07) is 15.7. The van der Waals surface area contributed by atoms with Gasteiger partial charge in [0.2, 0.25) is 11.7 Å².